The van der Waals surface area contributed by atoms with Gasteiger partial charge in [0.05, 0.1) is 23.3 Å². The van der Waals surface area contributed by atoms with Crippen molar-refractivity contribution in [1.82, 2.24) is 14.3 Å². The lowest BCUT2D eigenvalue weighted by Gasteiger charge is -2.32. The molecule has 1 amide bonds. The fraction of sp³-hybridized carbons (Fsp3) is 0.263. The number of hydrogen-bond acceptors (Lipinski definition) is 4. The number of pyridine rings is 1. The lowest BCUT2D eigenvalue weighted by atomic mass is 10.1. The number of nitrogens with one attached hydrogen (secondary N) is 1. The molecule has 1 N–H and O–H groups in total. The molecule has 0 unspecified atom stereocenters. The first-order chi connectivity index (χ1) is 13.0. The molecule has 1 aliphatic rings. The van der Waals surface area contributed by atoms with Crippen molar-refractivity contribution in [3.8, 4) is 0 Å². The van der Waals surface area contributed by atoms with Crippen molar-refractivity contribution >= 4 is 27.1 Å². The second-order valence-electron chi connectivity index (χ2n) is 6.67. The van der Waals surface area contributed by atoms with Crippen molar-refractivity contribution in [2.75, 3.05) is 17.8 Å². The minimum Gasteiger partial charge on any atom is -0.337 e. The molecule has 0 spiro atoms. The van der Waals surface area contributed by atoms with E-state index in [-0.39, 0.29) is 12.5 Å². The third kappa shape index (κ3) is 3.66. The van der Waals surface area contributed by atoms with Crippen molar-refractivity contribution in [1.29, 1.82) is 0 Å². The highest BCUT2D eigenvalue weighted by Crippen LogP contribution is 2.21. The van der Waals surface area contributed by atoms with Gasteiger partial charge < -0.3 is 9.30 Å². The van der Waals surface area contributed by atoms with Gasteiger partial charge in [0, 0.05) is 30.5 Å². The van der Waals surface area contributed by atoms with Gasteiger partial charge in [-0.2, -0.15) is 0 Å². The summed E-state index contributed by atoms with van der Waals surface area (Å²) < 4.78 is 29.9. The van der Waals surface area contributed by atoms with Gasteiger partial charge in [0.25, 0.3) is 5.91 Å². The van der Waals surface area contributed by atoms with Crippen molar-refractivity contribution < 1.29 is 13.2 Å². The topological polar surface area (TPSA) is 83.8 Å². The number of aromatic nitrogens is 2. The highest BCUT2D eigenvalue weighted by atomic mass is 32.2. The Morgan fingerprint density at radius 3 is 2.81 bits per heavy atom. The molecule has 0 aliphatic carbocycles. The Kier molecular flexibility index (Phi) is 4.57. The van der Waals surface area contributed by atoms with E-state index in [2.05, 4.69) is 9.71 Å². The van der Waals surface area contributed by atoms with Gasteiger partial charge in [-0.25, -0.2) is 13.4 Å². The summed E-state index contributed by atoms with van der Waals surface area (Å²) in [4.78, 5) is 18.6. The van der Waals surface area contributed by atoms with Crippen LogP contribution in [-0.4, -0.2) is 46.9 Å². The largest absolute Gasteiger partial charge is 0.337 e. The smallest absolute Gasteiger partial charge is 0.254 e. The molecule has 1 aliphatic heterocycles. The molecular formula is C19H20N4O3S. The predicted octanol–water partition coefficient (Wildman–Crippen LogP) is 2.38. The first-order valence-electron chi connectivity index (χ1n) is 8.80. The fourth-order valence-corrected chi connectivity index (χ4v) is 4.85. The standard InChI is InChI=1S/C19H20N4O3S/c24-19(15-8-10-23-14-20-12-17(23)11-15)22-9-4-7-18(13-22)27(25,26)21-16-5-2-1-3-6-16/h1-3,5-6,8,10-12,14,18,21H,4,7,9,13H2/t18-/m0/s1. The van der Waals surface area contributed by atoms with E-state index >= 15 is 0 Å². The van der Waals surface area contributed by atoms with Gasteiger partial charge in [-0.3, -0.25) is 9.52 Å². The van der Waals surface area contributed by atoms with Crippen LogP contribution in [0.15, 0.2) is 61.2 Å². The maximum Gasteiger partial charge on any atom is 0.254 e. The van der Waals surface area contributed by atoms with Crippen LogP contribution < -0.4 is 4.72 Å². The number of imidazole rings is 1. The first kappa shape index (κ1) is 17.5. The zero-order chi connectivity index (χ0) is 18.9. The van der Waals surface area contributed by atoms with Gasteiger partial charge in [-0.05, 0) is 37.1 Å². The minimum atomic E-state index is -3.57. The molecule has 1 aromatic carbocycles. The summed E-state index contributed by atoms with van der Waals surface area (Å²) in [6.07, 6.45) is 6.33. The number of hydrogen-bond donors (Lipinski definition) is 1. The summed E-state index contributed by atoms with van der Waals surface area (Å²) in [6.45, 7) is 0.742. The van der Waals surface area contributed by atoms with E-state index in [9.17, 15) is 13.2 Å². The highest BCUT2D eigenvalue weighted by molar-refractivity contribution is 7.93. The molecule has 1 atom stereocenters. The molecule has 7 nitrogen and oxygen atoms in total. The van der Waals surface area contributed by atoms with E-state index in [0.29, 0.717) is 30.6 Å². The molecule has 3 aromatic rings. The molecule has 1 saturated heterocycles. The summed E-state index contributed by atoms with van der Waals surface area (Å²) in [5.74, 6) is -0.154. The van der Waals surface area contributed by atoms with Gasteiger partial charge in [-0.15, -0.1) is 0 Å². The Hall–Kier alpha value is -2.87. The highest BCUT2D eigenvalue weighted by Gasteiger charge is 2.33. The number of amides is 1. The van der Waals surface area contributed by atoms with Gasteiger partial charge in [-0.1, -0.05) is 18.2 Å². The molecule has 0 saturated carbocycles. The summed E-state index contributed by atoms with van der Waals surface area (Å²) in [6, 6.07) is 12.3. The maximum atomic E-state index is 12.9. The van der Waals surface area contributed by atoms with Gasteiger partial charge in [0.1, 0.15) is 0 Å². The van der Waals surface area contributed by atoms with E-state index < -0.39 is 15.3 Å². The Labute approximate surface area is 157 Å². The molecule has 0 bridgehead atoms. The average molecular weight is 384 g/mol. The second-order valence-corrected chi connectivity index (χ2v) is 8.63. The third-order valence-corrected chi connectivity index (χ3v) is 6.58. The number of benzene rings is 1. The van der Waals surface area contributed by atoms with Gasteiger partial charge in [0.15, 0.2) is 0 Å². The summed E-state index contributed by atoms with van der Waals surface area (Å²) >= 11 is 0. The van der Waals surface area contributed by atoms with Crippen molar-refractivity contribution in [3.63, 3.8) is 0 Å². The molecule has 1 fully saturated rings. The number of likely N-dealkylation sites (tertiary alicyclic amines) is 1. The minimum absolute atomic E-state index is 0.154. The number of para-hydroxylation sites is 1. The van der Waals surface area contributed by atoms with E-state index in [1.807, 2.05) is 10.5 Å². The van der Waals surface area contributed by atoms with Crippen molar-refractivity contribution in [2.24, 2.45) is 0 Å². The van der Waals surface area contributed by atoms with Crippen LogP contribution in [0.3, 0.4) is 0 Å². The lowest BCUT2D eigenvalue weighted by molar-refractivity contribution is 0.0727. The number of anilines is 1. The molecule has 8 heteroatoms. The first-order valence-corrected chi connectivity index (χ1v) is 10.4. The van der Waals surface area contributed by atoms with E-state index in [0.717, 1.165) is 5.52 Å². The van der Waals surface area contributed by atoms with Crippen LogP contribution in [0.5, 0.6) is 0 Å². The van der Waals surface area contributed by atoms with Gasteiger partial charge in [0.2, 0.25) is 10.0 Å². The number of piperidine rings is 1. The maximum absolute atomic E-state index is 12.9. The average Bonchev–Trinajstić information content (AvgIpc) is 3.16. The number of nitrogens with zero attached hydrogens (tertiary/aromatic N) is 3. The summed E-state index contributed by atoms with van der Waals surface area (Å²) in [5.41, 5.74) is 1.90. The third-order valence-electron chi connectivity index (χ3n) is 4.80. The normalized spacial score (nSPS) is 17.8. The van der Waals surface area contributed by atoms with Crippen LogP contribution in [0.2, 0.25) is 0 Å². The Bertz CT molecular complexity index is 1060. The SMILES string of the molecule is O=C(c1ccn2cncc2c1)N1CCC[C@H](S(=O)(=O)Nc2ccccc2)C1. The number of fused-ring (bicyclic) bond motifs is 1. The van der Waals surface area contributed by atoms with Gasteiger partial charge >= 0.3 is 0 Å². The Morgan fingerprint density at radius 1 is 1.19 bits per heavy atom. The zero-order valence-corrected chi connectivity index (χ0v) is 15.5. The Balaban J connectivity index is 1.50. The number of carbonyl (C=O) groups excluding carboxylic acids is 1. The lowest BCUT2D eigenvalue weighted by Crippen LogP contribution is -2.46. The fourth-order valence-electron chi connectivity index (χ4n) is 3.36. The predicted molar refractivity (Wildman–Crippen MR) is 103 cm³/mol. The van der Waals surface area contributed by atoms with Crippen molar-refractivity contribution in [3.05, 3.63) is 66.7 Å². The molecule has 0 radical (unpaired) electrons. The molecule has 4 rings (SSSR count). The van der Waals surface area contributed by atoms with Crippen LogP contribution in [0.25, 0.3) is 5.52 Å². The second kappa shape index (κ2) is 7.03. The quantitative estimate of drug-likeness (QED) is 0.749. The molecule has 140 valence electrons. The van der Waals surface area contributed by atoms with Crippen LogP contribution in [0.4, 0.5) is 5.69 Å². The monoisotopic (exact) mass is 384 g/mol. The van der Waals surface area contributed by atoms with E-state index in [1.165, 1.54) is 0 Å². The van der Waals surface area contributed by atoms with Crippen LogP contribution >= 0.6 is 0 Å². The van der Waals surface area contributed by atoms with Crippen molar-refractivity contribution in [2.45, 2.75) is 18.1 Å². The molecule has 2 aromatic heterocycles. The molecular weight excluding hydrogens is 364 g/mol. The molecule has 3 heterocycles. The van der Waals surface area contributed by atoms with Crippen LogP contribution in [0, 0.1) is 0 Å². The number of rotatable bonds is 4. The molecule has 27 heavy (non-hydrogen) atoms. The van der Waals surface area contributed by atoms with E-state index in [1.54, 1.807) is 60.0 Å². The van der Waals surface area contributed by atoms with Crippen LogP contribution in [0.1, 0.15) is 23.2 Å². The summed E-state index contributed by atoms with van der Waals surface area (Å²) in [5, 5.41) is -0.630. The number of carbonyl (C=O) groups is 1. The van der Waals surface area contributed by atoms with E-state index in [4.69, 9.17) is 0 Å². The Morgan fingerprint density at radius 2 is 2.00 bits per heavy atom. The number of sulfonamides is 1. The summed E-state index contributed by atoms with van der Waals surface area (Å²) in [7, 11) is -3.57. The zero-order valence-electron chi connectivity index (χ0n) is 14.7. The van der Waals surface area contributed by atoms with Crippen LogP contribution in [-0.2, 0) is 10.0 Å².